The van der Waals surface area contributed by atoms with E-state index in [0.717, 1.165) is 0 Å². The van der Waals surface area contributed by atoms with Crippen LogP contribution in [0.3, 0.4) is 0 Å². The number of nitrogens with one attached hydrogen (secondary N) is 1. The van der Waals surface area contributed by atoms with Gasteiger partial charge in [0.1, 0.15) is 5.75 Å². The van der Waals surface area contributed by atoms with Gasteiger partial charge in [0.05, 0.1) is 31.5 Å². The average Bonchev–Trinajstić information content (AvgIpc) is 2.73. The molecule has 0 atom stereocenters. The SMILES string of the molecule is CCOc1ccc(C(=O)N/N=C\c2cc(Br)c(OCC(=O)OC)c(OC)c2)cc1. The fourth-order valence-corrected chi connectivity index (χ4v) is 2.82. The lowest BCUT2D eigenvalue weighted by atomic mass is 10.2. The van der Waals surface area contributed by atoms with Crippen LogP contribution in [0.15, 0.2) is 46.0 Å². The third kappa shape index (κ3) is 6.49. The molecule has 2 rings (SSSR count). The van der Waals surface area contributed by atoms with Crippen molar-refractivity contribution in [3.63, 3.8) is 0 Å². The Morgan fingerprint density at radius 3 is 2.48 bits per heavy atom. The van der Waals surface area contributed by atoms with Gasteiger partial charge in [-0.1, -0.05) is 0 Å². The van der Waals surface area contributed by atoms with Crippen molar-refractivity contribution in [2.45, 2.75) is 6.92 Å². The third-order valence-corrected chi connectivity index (χ3v) is 4.21. The number of ether oxygens (including phenoxy) is 4. The molecular weight excluding hydrogens is 444 g/mol. The normalized spacial score (nSPS) is 10.5. The molecule has 29 heavy (non-hydrogen) atoms. The van der Waals surface area contributed by atoms with E-state index in [2.05, 4.69) is 31.2 Å². The van der Waals surface area contributed by atoms with Gasteiger partial charge in [-0.25, -0.2) is 10.2 Å². The standard InChI is InChI=1S/C20H21BrN2O6/c1-4-28-15-7-5-14(6-8-15)20(25)23-22-11-13-9-16(21)19(17(10-13)26-2)29-12-18(24)27-3/h5-11H,4,12H2,1-3H3,(H,23,25)/b22-11-. The predicted molar refractivity (Wildman–Crippen MR) is 111 cm³/mol. The minimum atomic E-state index is -0.512. The number of esters is 1. The molecule has 1 amide bonds. The molecule has 0 aliphatic rings. The minimum absolute atomic E-state index is 0.253. The van der Waals surface area contributed by atoms with Gasteiger partial charge in [-0.3, -0.25) is 4.79 Å². The molecule has 154 valence electrons. The molecule has 0 bridgehead atoms. The molecule has 1 N–H and O–H groups in total. The summed E-state index contributed by atoms with van der Waals surface area (Å²) in [6, 6.07) is 10.1. The first-order valence-corrected chi connectivity index (χ1v) is 9.41. The number of halogens is 1. The number of amides is 1. The molecule has 0 saturated carbocycles. The van der Waals surface area contributed by atoms with E-state index in [1.165, 1.54) is 20.4 Å². The Morgan fingerprint density at radius 1 is 1.14 bits per heavy atom. The molecule has 2 aromatic rings. The van der Waals surface area contributed by atoms with Crippen LogP contribution in [-0.4, -0.2) is 45.5 Å². The van der Waals surface area contributed by atoms with Crippen molar-refractivity contribution in [2.75, 3.05) is 27.4 Å². The van der Waals surface area contributed by atoms with Crippen molar-refractivity contribution in [1.29, 1.82) is 0 Å². The van der Waals surface area contributed by atoms with E-state index < -0.39 is 5.97 Å². The second-order valence-corrected chi connectivity index (χ2v) is 6.41. The van der Waals surface area contributed by atoms with Crippen LogP contribution in [-0.2, 0) is 9.53 Å². The fourth-order valence-electron chi connectivity index (χ4n) is 2.24. The number of hydrazone groups is 1. The van der Waals surface area contributed by atoms with Gasteiger partial charge in [0.15, 0.2) is 18.1 Å². The van der Waals surface area contributed by atoms with Crippen molar-refractivity contribution < 1.29 is 28.5 Å². The molecular formula is C20H21BrN2O6. The maximum Gasteiger partial charge on any atom is 0.343 e. The Morgan fingerprint density at radius 2 is 1.86 bits per heavy atom. The van der Waals surface area contributed by atoms with E-state index in [-0.39, 0.29) is 12.5 Å². The number of hydrogen-bond donors (Lipinski definition) is 1. The molecule has 0 spiro atoms. The van der Waals surface area contributed by atoms with E-state index in [4.69, 9.17) is 14.2 Å². The minimum Gasteiger partial charge on any atom is -0.494 e. The Hall–Kier alpha value is -3.07. The Bertz CT molecular complexity index is 883. The highest BCUT2D eigenvalue weighted by Gasteiger charge is 2.13. The van der Waals surface area contributed by atoms with Crippen LogP contribution in [0, 0.1) is 0 Å². The summed E-state index contributed by atoms with van der Waals surface area (Å²) in [4.78, 5) is 23.4. The van der Waals surface area contributed by atoms with Crippen molar-refractivity contribution in [2.24, 2.45) is 5.10 Å². The highest BCUT2D eigenvalue weighted by molar-refractivity contribution is 9.10. The summed E-state index contributed by atoms with van der Waals surface area (Å²) < 4.78 is 21.2. The van der Waals surface area contributed by atoms with Gasteiger partial charge in [0.25, 0.3) is 5.91 Å². The summed E-state index contributed by atoms with van der Waals surface area (Å²) in [5.74, 6) is 0.574. The molecule has 0 aliphatic heterocycles. The maximum atomic E-state index is 12.2. The first-order valence-electron chi connectivity index (χ1n) is 8.61. The molecule has 0 saturated heterocycles. The van der Waals surface area contributed by atoms with Crippen LogP contribution >= 0.6 is 15.9 Å². The second-order valence-electron chi connectivity index (χ2n) is 5.56. The van der Waals surface area contributed by atoms with E-state index >= 15 is 0 Å². The van der Waals surface area contributed by atoms with Crippen LogP contribution in [0.5, 0.6) is 17.2 Å². The van der Waals surface area contributed by atoms with Crippen molar-refractivity contribution in [1.82, 2.24) is 5.43 Å². The first-order chi connectivity index (χ1) is 14.0. The summed E-state index contributed by atoms with van der Waals surface area (Å²) in [5, 5.41) is 3.96. The quantitative estimate of drug-likeness (QED) is 0.347. The van der Waals surface area contributed by atoms with Gasteiger partial charge < -0.3 is 18.9 Å². The first kappa shape index (κ1) is 22.2. The van der Waals surface area contributed by atoms with E-state index in [1.807, 2.05) is 6.92 Å². The number of methoxy groups -OCH3 is 2. The lowest BCUT2D eigenvalue weighted by Crippen LogP contribution is -2.17. The maximum absolute atomic E-state index is 12.2. The highest BCUT2D eigenvalue weighted by atomic mass is 79.9. The number of nitrogens with zero attached hydrogens (tertiary/aromatic N) is 1. The number of hydrogen-bond acceptors (Lipinski definition) is 7. The number of benzene rings is 2. The van der Waals surface area contributed by atoms with Crippen LogP contribution in [0.4, 0.5) is 0 Å². The summed E-state index contributed by atoms with van der Waals surface area (Å²) >= 11 is 3.37. The van der Waals surface area contributed by atoms with Gasteiger partial charge in [0, 0.05) is 5.56 Å². The van der Waals surface area contributed by atoms with Gasteiger partial charge >= 0.3 is 5.97 Å². The summed E-state index contributed by atoms with van der Waals surface area (Å²) in [7, 11) is 2.75. The largest absolute Gasteiger partial charge is 0.494 e. The van der Waals surface area contributed by atoms with E-state index in [1.54, 1.807) is 36.4 Å². The summed E-state index contributed by atoms with van der Waals surface area (Å²) in [6.07, 6.45) is 1.46. The number of carbonyl (C=O) groups excluding carboxylic acids is 2. The topological polar surface area (TPSA) is 95.5 Å². The number of rotatable bonds is 9. The monoisotopic (exact) mass is 464 g/mol. The summed E-state index contributed by atoms with van der Waals surface area (Å²) in [5.41, 5.74) is 3.56. The fraction of sp³-hybridized carbons (Fsp3) is 0.250. The molecule has 9 heteroatoms. The molecule has 0 fully saturated rings. The van der Waals surface area contributed by atoms with Crippen LogP contribution in [0.2, 0.25) is 0 Å². The smallest absolute Gasteiger partial charge is 0.343 e. The van der Waals surface area contributed by atoms with Crippen LogP contribution in [0.1, 0.15) is 22.8 Å². The van der Waals surface area contributed by atoms with E-state index in [9.17, 15) is 9.59 Å². The Kier molecular flexibility index (Phi) is 8.47. The second kappa shape index (κ2) is 11.1. The molecule has 0 heterocycles. The van der Waals surface area contributed by atoms with Gasteiger partial charge in [-0.05, 0) is 64.8 Å². The molecule has 0 radical (unpaired) electrons. The lowest BCUT2D eigenvalue weighted by molar-refractivity contribution is -0.142. The summed E-state index contributed by atoms with van der Waals surface area (Å²) in [6.45, 7) is 2.19. The zero-order chi connectivity index (χ0) is 21.2. The zero-order valence-corrected chi connectivity index (χ0v) is 17.8. The molecule has 0 unspecified atom stereocenters. The highest BCUT2D eigenvalue weighted by Crippen LogP contribution is 2.36. The van der Waals surface area contributed by atoms with Crippen LogP contribution in [0.25, 0.3) is 0 Å². The van der Waals surface area contributed by atoms with Crippen LogP contribution < -0.4 is 19.6 Å². The van der Waals surface area contributed by atoms with Gasteiger partial charge in [0.2, 0.25) is 0 Å². The third-order valence-electron chi connectivity index (χ3n) is 3.62. The predicted octanol–water partition coefficient (Wildman–Crippen LogP) is 3.17. The van der Waals surface area contributed by atoms with Gasteiger partial charge in [-0.15, -0.1) is 0 Å². The Labute approximate surface area is 176 Å². The number of carbonyl (C=O) groups is 2. The molecule has 8 nitrogen and oxygen atoms in total. The van der Waals surface area contributed by atoms with Crippen molar-refractivity contribution in [3.8, 4) is 17.2 Å². The lowest BCUT2D eigenvalue weighted by Gasteiger charge is -2.12. The van der Waals surface area contributed by atoms with E-state index in [0.29, 0.717) is 39.5 Å². The zero-order valence-electron chi connectivity index (χ0n) is 16.2. The molecule has 0 aromatic heterocycles. The Balaban J connectivity index is 2.04. The van der Waals surface area contributed by atoms with Gasteiger partial charge in [-0.2, -0.15) is 5.10 Å². The average molecular weight is 465 g/mol. The molecule has 2 aromatic carbocycles. The van der Waals surface area contributed by atoms with Crippen molar-refractivity contribution >= 4 is 34.0 Å². The van der Waals surface area contributed by atoms with Crippen molar-refractivity contribution in [3.05, 3.63) is 52.0 Å². The molecule has 0 aliphatic carbocycles.